The molecule has 0 aliphatic rings. The fraction of sp³-hybridized carbons (Fsp3) is 0.333. The van der Waals surface area contributed by atoms with Gasteiger partial charge in [0.1, 0.15) is 0 Å². The van der Waals surface area contributed by atoms with Crippen molar-refractivity contribution in [1.82, 2.24) is 0 Å². The molecule has 0 heterocycles. The van der Waals surface area contributed by atoms with Gasteiger partial charge in [-0.25, -0.2) is 4.79 Å². The Kier molecular flexibility index (Phi) is 1.76. The Balaban J connectivity index is 4.10. The Bertz CT molecular complexity index is 134. The van der Waals surface area contributed by atoms with E-state index in [0.717, 1.165) is 0 Å². The summed E-state index contributed by atoms with van der Waals surface area (Å²) in [6, 6.07) is 0. The Labute approximate surface area is 40.0 Å². The fourth-order valence-electron chi connectivity index (χ4n) is 0.0478. The van der Waals surface area contributed by atoms with Crippen LogP contribution in [-0.4, -0.2) is 21.6 Å². The number of nitrogens with zero attached hydrogens (tertiary/aromatic N) is 1. The summed E-state index contributed by atoms with van der Waals surface area (Å²) < 4.78 is 0. The Morgan fingerprint density at radius 3 is 2.29 bits per heavy atom. The number of carboxylic acids is 1. The molecule has 0 rings (SSSR count). The summed E-state index contributed by atoms with van der Waals surface area (Å²) in [6.45, 7) is 1.26. The van der Waals surface area contributed by atoms with Crippen molar-refractivity contribution in [3.05, 3.63) is 0 Å². The maximum Gasteiger partial charge on any atom is 0.421 e. The highest BCUT2D eigenvalue weighted by Crippen LogP contribution is 1.62. The smallest absolute Gasteiger partial charge is 0.421 e. The van der Waals surface area contributed by atoms with Gasteiger partial charge in [0.25, 0.3) is 0 Å². The second kappa shape index (κ2) is 2.10. The molecule has 0 aliphatic carbocycles. The van der Waals surface area contributed by atoms with Crippen molar-refractivity contribution in [3.63, 3.8) is 0 Å². The lowest BCUT2D eigenvalue weighted by Crippen LogP contribution is -2.08. The standard InChI is InChI=1S/C3H4N2O2/c1-2(5-4)3(6)7/h4H,1H3/p+1. The van der Waals surface area contributed by atoms with Gasteiger partial charge in [-0.15, -0.1) is 0 Å². The molecule has 0 radical (unpaired) electrons. The zero-order valence-corrected chi connectivity index (χ0v) is 3.80. The number of carbonyl (C=O) groups is 1. The summed E-state index contributed by atoms with van der Waals surface area (Å²) in [5.41, 5.74) is 5.95. The highest BCUT2D eigenvalue weighted by atomic mass is 16.4. The zero-order chi connectivity index (χ0) is 5.86. The lowest BCUT2D eigenvalue weighted by atomic mass is 10.5. The van der Waals surface area contributed by atoms with E-state index in [2.05, 4.69) is 4.79 Å². The number of rotatable bonds is 1. The lowest BCUT2D eigenvalue weighted by molar-refractivity contribution is -0.148. The van der Waals surface area contributed by atoms with Gasteiger partial charge in [-0.3, -0.25) is 0 Å². The number of carboxylic acid groups (broad SMARTS) is 1. The number of aliphatic carboxylic acids is 1. The van der Waals surface area contributed by atoms with Gasteiger partial charge in [-0.05, 0) is 0 Å². The second-order valence-corrected chi connectivity index (χ2v) is 1.00. The molecule has 0 saturated carbocycles. The highest BCUT2D eigenvalue weighted by molar-refractivity contribution is 6.31. The van der Waals surface area contributed by atoms with Gasteiger partial charge >= 0.3 is 11.7 Å². The third kappa shape index (κ3) is 1.67. The zero-order valence-electron chi connectivity index (χ0n) is 3.80. The van der Waals surface area contributed by atoms with Crippen molar-refractivity contribution in [2.24, 2.45) is 0 Å². The second-order valence-electron chi connectivity index (χ2n) is 1.00. The molecule has 0 aromatic carbocycles. The molecule has 0 atom stereocenters. The average Bonchev–Trinajstić information content (AvgIpc) is 1.65. The molecule has 2 N–H and O–H groups in total. The van der Waals surface area contributed by atoms with Crippen LogP contribution in [0.2, 0.25) is 0 Å². The molecule has 0 aliphatic heterocycles. The average molecular weight is 101 g/mol. The molecule has 4 nitrogen and oxygen atoms in total. The summed E-state index contributed by atoms with van der Waals surface area (Å²) in [7, 11) is 0. The normalized spacial score (nSPS) is 7.00. The van der Waals surface area contributed by atoms with Crippen LogP contribution in [0.15, 0.2) is 0 Å². The van der Waals surface area contributed by atoms with Crippen LogP contribution >= 0.6 is 0 Å². The molecule has 38 valence electrons. The molecule has 0 unspecified atom stereocenters. The number of nitrogens with one attached hydrogen (secondary N) is 1. The van der Waals surface area contributed by atoms with E-state index in [4.69, 9.17) is 10.6 Å². The van der Waals surface area contributed by atoms with Gasteiger partial charge in [-0.1, -0.05) is 0 Å². The maximum absolute atomic E-state index is 9.68. The van der Waals surface area contributed by atoms with E-state index in [0.29, 0.717) is 0 Å². The summed E-state index contributed by atoms with van der Waals surface area (Å²) in [6.07, 6.45) is 0. The van der Waals surface area contributed by atoms with Crippen LogP contribution in [0.5, 0.6) is 0 Å². The Morgan fingerprint density at radius 2 is 2.29 bits per heavy atom. The van der Waals surface area contributed by atoms with Crippen LogP contribution in [0.3, 0.4) is 0 Å². The van der Waals surface area contributed by atoms with Crippen molar-refractivity contribution in [1.29, 1.82) is 5.53 Å². The van der Waals surface area contributed by atoms with Gasteiger partial charge in [0.2, 0.25) is 0 Å². The minimum atomic E-state index is -1.14. The van der Waals surface area contributed by atoms with E-state index in [9.17, 15) is 4.79 Å². The molecule has 0 saturated heterocycles. The minimum Gasteiger partial charge on any atom is -0.473 e. The Hall–Kier alpha value is -1.15. The van der Waals surface area contributed by atoms with Gasteiger partial charge in [-0.2, -0.15) is 0 Å². The first-order valence-electron chi connectivity index (χ1n) is 1.62. The van der Waals surface area contributed by atoms with E-state index in [1.165, 1.54) is 6.92 Å². The largest absolute Gasteiger partial charge is 0.473 e. The molecule has 0 fully saturated rings. The number of hydrogen-bond acceptors (Lipinski definition) is 2. The van der Waals surface area contributed by atoms with Gasteiger partial charge in [0.05, 0.1) is 17.2 Å². The molecule has 4 heteroatoms. The first-order valence-corrected chi connectivity index (χ1v) is 1.62. The summed E-state index contributed by atoms with van der Waals surface area (Å²) in [4.78, 5) is 12.3. The van der Waals surface area contributed by atoms with Crippen LogP contribution in [0.1, 0.15) is 6.92 Å². The van der Waals surface area contributed by atoms with Crippen LogP contribution in [0.4, 0.5) is 0 Å². The van der Waals surface area contributed by atoms with Gasteiger partial charge < -0.3 is 5.11 Å². The van der Waals surface area contributed by atoms with Crippen LogP contribution in [0, 0.1) is 5.53 Å². The van der Waals surface area contributed by atoms with E-state index in [-0.39, 0.29) is 5.71 Å². The summed E-state index contributed by atoms with van der Waals surface area (Å²) in [5.74, 6) is -1.14. The third-order valence-electron chi connectivity index (χ3n) is 0.477. The monoisotopic (exact) mass is 101 g/mol. The van der Waals surface area contributed by atoms with Crippen LogP contribution in [0.25, 0.3) is 0 Å². The van der Waals surface area contributed by atoms with Crippen molar-refractivity contribution in [3.8, 4) is 0 Å². The summed E-state index contributed by atoms with van der Waals surface area (Å²) >= 11 is 0. The van der Waals surface area contributed by atoms with E-state index in [1.54, 1.807) is 0 Å². The first-order chi connectivity index (χ1) is 3.18. The molecule has 0 aromatic heterocycles. The molecule has 7 heavy (non-hydrogen) atoms. The molecule has 0 spiro atoms. The molecular weight excluding hydrogens is 96.0 g/mol. The fourth-order valence-corrected chi connectivity index (χ4v) is 0.0478. The molecule has 0 aromatic rings. The van der Waals surface area contributed by atoms with E-state index < -0.39 is 5.97 Å². The van der Waals surface area contributed by atoms with Gasteiger partial charge in [0, 0.05) is 0 Å². The Morgan fingerprint density at radius 1 is 1.86 bits per heavy atom. The lowest BCUT2D eigenvalue weighted by Gasteiger charge is -1.66. The van der Waals surface area contributed by atoms with Crippen LogP contribution < -0.4 is 0 Å². The highest BCUT2D eigenvalue weighted by Gasteiger charge is 2.11. The first kappa shape index (κ1) is 5.85. The van der Waals surface area contributed by atoms with Crippen molar-refractivity contribution >= 4 is 11.7 Å². The van der Waals surface area contributed by atoms with Crippen LogP contribution in [-0.2, 0) is 4.79 Å². The van der Waals surface area contributed by atoms with Crippen molar-refractivity contribution in [2.45, 2.75) is 6.92 Å². The topological polar surface area (TPSA) is 75.2 Å². The van der Waals surface area contributed by atoms with Gasteiger partial charge in [0.15, 0.2) is 0 Å². The van der Waals surface area contributed by atoms with Crippen molar-refractivity contribution < 1.29 is 14.7 Å². The predicted molar refractivity (Wildman–Crippen MR) is 21.3 cm³/mol. The molecule has 0 amide bonds. The SMILES string of the molecule is CC(=[N+]=N)C(=O)O. The molecule has 0 bridgehead atoms. The predicted octanol–water partition coefficient (Wildman–Crippen LogP) is -0.229. The van der Waals surface area contributed by atoms with Crippen molar-refractivity contribution in [2.75, 3.05) is 0 Å². The van der Waals surface area contributed by atoms with E-state index >= 15 is 0 Å². The summed E-state index contributed by atoms with van der Waals surface area (Å²) in [5, 5.41) is 7.93. The maximum atomic E-state index is 9.68. The quantitative estimate of drug-likeness (QED) is 0.272. The third-order valence-corrected chi connectivity index (χ3v) is 0.477. The molecular formula is C3H5N2O2+. The van der Waals surface area contributed by atoms with E-state index in [1.807, 2.05) is 0 Å². The number of hydrogen-bond donors (Lipinski definition) is 2. The minimum absolute atomic E-state index is 0.194.